The van der Waals surface area contributed by atoms with E-state index in [1.165, 1.54) is 0 Å². The lowest BCUT2D eigenvalue weighted by atomic mass is 10.3. The molecule has 0 fully saturated rings. The van der Waals surface area contributed by atoms with Gasteiger partial charge in [0.2, 0.25) is 0 Å². The zero-order valence-electron chi connectivity index (χ0n) is 9.71. The minimum atomic E-state index is 0.695. The molecule has 0 saturated carbocycles. The second-order valence-electron chi connectivity index (χ2n) is 3.81. The molecule has 3 heterocycles. The van der Waals surface area contributed by atoms with Crippen molar-refractivity contribution >= 4 is 22.8 Å². The van der Waals surface area contributed by atoms with Crippen molar-refractivity contribution in [3.05, 3.63) is 47.8 Å². The molecule has 0 atom stereocenters. The second-order valence-corrected chi connectivity index (χ2v) is 4.59. The van der Waals surface area contributed by atoms with Crippen molar-refractivity contribution in [2.75, 3.05) is 11.9 Å². The van der Waals surface area contributed by atoms with E-state index in [1.807, 2.05) is 22.8 Å². The SMILES string of the molecule is C=CCNc1ccc2ncc(-c3ccsc3)n2n1. The Hall–Kier alpha value is -2.14. The number of hydrogen-bond donors (Lipinski definition) is 1. The number of fused-ring (bicyclic) bond motifs is 1. The molecule has 0 unspecified atom stereocenters. The molecule has 0 saturated heterocycles. The van der Waals surface area contributed by atoms with Crippen LogP contribution in [0.5, 0.6) is 0 Å². The van der Waals surface area contributed by atoms with E-state index in [0.29, 0.717) is 6.54 Å². The summed E-state index contributed by atoms with van der Waals surface area (Å²) in [5, 5.41) is 11.8. The zero-order chi connectivity index (χ0) is 12.4. The van der Waals surface area contributed by atoms with E-state index in [-0.39, 0.29) is 0 Å². The van der Waals surface area contributed by atoms with Crippen molar-refractivity contribution in [2.45, 2.75) is 0 Å². The minimum absolute atomic E-state index is 0.695. The first-order valence-electron chi connectivity index (χ1n) is 5.60. The van der Waals surface area contributed by atoms with Gasteiger partial charge in [-0.3, -0.25) is 0 Å². The quantitative estimate of drug-likeness (QED) is 0.729. The van der Waals surface area contributed by atoms with E-state index in [2.05, 4.69) is 38.8 Å². The molecule has 5 heteroatoms. The Morgan fingerprint density at radius 2 is 2.33 bits per heavy atom. The van der Waals surface area contributed by atoms with Crippen LogP contribution in [0.1, 0.15) is 0 Å². The number of thiophene rings is 1. The third kappa shape index (κ3) is 1.89. The maximum Gasteiger partial charge on any atom is 0.154 e. The van der Waals surface area contributed by atoms with E-state index in [4.69, 9.17) is 0 Å². The van der Waals surface area contributed by atoms with Crippen molar-refractivity contribution in [3.8, 4) is 11.3 Å². The summed E-state index contributed by atoms with van der Waals surface area (Å²) < 4.78 is 1.85. The molecule has 3 aromatic rings. The summed E-state index contributed by atoms with van der Waals surface area (Å²) in [5.74, 6) is 0.817. The van der Waals surface area contributed by atoms with Crippen LogP contribution >= 0.6 is 11.3 Å². The number of hydrogen-bond acceptors (Lipinski definition) is 4. The molecule has 90 valence electrons. The Kier molecular flexibility index (Phi) is 2.82. The summed E-state index contributed by atoms with van der Waals surface area (Å²) in [6.45, 7) is 4.37. The van der Waals surface area contributed by atoms with E-state index < -0.39 is 0 Å². The molecule has 0 aliphatic carbocycles. The van der Waals surface area contributed by atoms with Crippen LogP contribution in [0.15, 0.2) is 47.8 Å². The third-order valence-electron chi connectivity index (χ3n) is 2.61. The highest BCUT2D eigenvalue weighted by atomic mass is 32.1. The van der Waals surface area contributed by atoms with E-state index in [0.717, 1.165) is 22.7 Å². The summed E-state index contributed by atoms with van der Waals surface area (Å²) in [5.41, 5.74) is 3.00. The smallest absolute Gasteiger partial charge is 0.154 e. The van der Waals surface area contributed by atoms with Crippen LogP contribution in [0.3, 0.4) is 0 Å². The third-order valence-corrected chi connectivity index (χ3v) is 3.29. The van der Waals surface area contributed by atoms with Crippen LogP contribution in [-0.4, -0.2) is 21.1 Å². The summed E-state index contributed by atoms with van der Waals surface area (Å²) in [6, 6.07) is 5.94. The first-order valence-corrected chi connectivity index (χ1v) is 6.55. The minimum Gasteiger partial charge on any atom is -0.365 e. The Balaban J connectivity index is 2.08. The second kappa shape index (κ2) is 4.62. The van der Waals surface area contributed by atoms with Crippen molar-refractivity contribution in [2.24, 2.45) is 0 Å². The molecule has 0 aliphatic rings. The van der Waals surface area contributed by atoms with Gasteiger partial charge in [-0.2, -0.15) is 11.3 Å². The Morgan fingerprint density at radius 3 is 3.11 bits per heavy atom. The average Bonchev–Trinajstić information content (AvgIpc) is 3.04. The van der Waals surface area contributed by atoms with Crippen LogP contribution < -0.4 is 5.32 Å². The predicted octanol–water partition coefficient (Wildman–Crippen LogP) is 3.06. The van der Waals surface area contributed by atoms with Crippen molar-refractivity contribution in [3.63, 3.8) is 0 Å². The molecule has 0 aromatic carbocycles. The van der Waals surface area contributed by atoms with Gasteiger partial charge in [-0.1, -0.05) is 6.08 Å². The number of aromatic nitrogens is 3. The molecular formula is C13H12N4S. The van der Waals surface area contributed by atoms with Gasteiger partial charge in [0.1, 0.15) is 5.82 Å². The highest BCUT2D eigenvalue weighted by Crippen LogP contribution is 2.22. The molecule has 18 heavy (non-hydrogen) atoms. The first-order chi connectivity index (χ1) is 8.88. The largest absolute Gasteiger partial charge is 0.365 e. The first kappa shape index (κ1) is 11.0. The molecular weight excluding hydrogens is 244 g/mol. The molecule has 4 nitrogen and oxygen atoms in total. The molecule has 1 N–H and O–H groups in total. The van der Waals surface area contributed by atoms with E-state index >= 15 is 0 Å². The van der Waals surface area contributed by atoms with Crippen LogP contribution in [0, 0.1) is 0 Å². The lowest BCUT2D eigenvalue weighted by Crippen LogP contribution is -2.03. The fraction of sp³-hybridized carbons (Fsp3) is 0.0769. The molecule has 0 spiro atoms. The average molecular weight is 256 g/mol. The summed E-state index contributed by atoms with van der Waals surface area (Å²) in [7, 11) is 0. The molecule has 3 aromatic heterocycles. The lowest BCUT2D eigenvalue weighted by Gasteiger charge is -2.04. The monoisotopic (exact) mass is 256 g/mol. The highest BCUT2D eigenvalue weighted by Gasteiger charge is 2.07. The predicted molar refractivity (Wildman–Crippen MR) is 75.0 cm³/mol. The normalized spacial score (nSPS) is 10.7. The highest BCUT2D eigenvalue weighted by molar-refractivity contribution is 7.08. The van der Waals surface area contributed by atoms with E-state index in [1.54, 1.807) is 17.4 Å². The van der Waals surface area contributed by atoms with Gasteiger partial charge in [-0.25, -0.2) is 9.50 Å². The van der Waals surface area contributed by atoms with Crippen LogP contribution in [-0.2, 0) is 0 Å². The molecule has 0 radical (unpaired) electrons. The van der Waals surface area contributed by atoms with Gasteiger partial charge in [0.25, 0.3) is 0 Å². The van der Waals surface area contributed by atoms with Gasteiger partial charge in [0.15, 0.2) is 5.65 Å². The molecule has 3 rings (SSSR count). The maximum absolute atomic E-state index is 4.53. The lowest BCUT2D eigenvalue weighted by molar-refractivity contribution is 0.941. The van der Waals surface area contributed by atoms with Gasteiger partial charge >= 0.3 is 0 Å². The molecule has 0 aliphatic heterocycles. The Labute approximate surface area is 109 Å². The van der Waals surface area contributed by atoms with Crippen molar-refractivity contribution in [1.29, 1.82) is 0 Å². The number of rotatable bonds is 4. The number of nitrogens with one attached hydrogen (secondary N) is 1. The maximum atomic E-state index is 4.53. The van der Waals surface area contributed by atoms with Gasteiger partial charge in [-0.05, 0) is 23.6 Å². The van der Waals surface area contributed by atoms with E-state index in [9.17, 15) is 0 Å². The van der Waals surface area contributed by atoms with Crippen LogP contribution in [0.25, 0.3) is 16.9 Å². The Morgan fingerprint density at radius 1 is 1.39 bits per heavy atom. The fourth-order valence-corrected chi connectivity index (χ4v) is 2.40. The standard InChI is InChI=1S/C13H12N4S/c1-2-6-14-12-3-4-13-15-8-11(17(13)16-12)10-5-7-18-9-10/h2-5,7-9H,1,6H2,(H,14,16). The topological polar surface area (TPSA) is 42.2 Å². The number of nitrogens with zero attached hydrogens (tertiary/aromatic N) is 3. The summed E-state index contributed by atoms with van der Waals surface area (Å²) in [4.78, 5) is 4.35. The molecule has 0 bridgehead atoms. The fourth-order valence-electron chi connectivity index (χ4n) is 1.75. The summed E-state index contributed by atoms with van der Waals surface area (Å²) in [6.07, 6.45) is 3.65. The van der Waals surface area contributed by atoms with Gasteiger partial charge in [-0.15, -0.1) is 11.7 Å². The zero-order valence-corrected chi connectivity index (χ0v) is 10.5. The van der Waals surface area contributed by atoms with Gasteiger partial charge in [0.05, 0.1) is 11.9 Å². The van der Waals surface area contributed by atoms with Crippen LogP contribution in [0.4, 0.5) is 5.82 Å². The van der Waals surface area contributed by atoms with Crippen molar-refractivity contribution < 1.29 is 0 Å². The van der Waals surface area contributed by atoms with Crippen molar-refractivity contribution in [1.82, 2.24) is 14.6 Å². The van der Waals surface area contributed by atoms with Crippen LogP contribution in [0.2, 0.25) is 0 Å². The Bertz CT molecular complexity index is 669. The number of imidazole rings is 1. The van der Waals surface area contributed by atoms with Gasteiger partial charge in [0, 0.05) is 17.5 Å². The molecule has 0 amide bonds. The number of anilines is 1. The van der Waals surface area contributed by atoms with Gasteiger partial charge < -0.3 is 5.32 Å². The summed E-state index contributed by atoms with van der Waals surface area (Å²) >= 11 is 1.67.